The van der Waals surface area contributed by atoms with E-state index in [2.05, 4.69) is 15.3 Å². The second-order valence-corrected chi connectivity index (χ2v) is 4.02. The molecule has 0 aliphatic heterocycles. The molecule has 6 heteroatoms. The summed E-state index contributed by atoms with van der Waals surface area (Å²) in [6.45, 7) is 1.50. The van der Waals surface area contributed by atoms with Gasteiger partial charge in [-0.05, 0) is 31.2 Å². The number of anilines is 1. The topological polar surface area (TPSA) is 81.2 Å². The molecular weight excluding hydrogens is 258 g/mol. The fourth-order valence-electron chi connectivity index (χ4n) is 1.45. The van der Waals surface area contributed by atoms with Crippen molar-refractivity contribution in [2.24, 2.45) is 0 Å². The lowest BCUT2D eigenvalue weighted by Crippen LogP contribution is -2.30. The average molecular weight is 271 g/mol. The van der Waals surface area contributed by atoms with Crippen LogP contribution in [0.4, 0.5) is 5.69 Å². The Morgan fingerprint density at radius 2 is 1.85 bits per heavy atom. The van der Waals surface area contributed by atoms with Gasteiger partial charge in [0.2, 0.25) is 0 Å². The Kier molecular flexibility index (Phi) is 4.39. The molecule has 2 aromatic rings. The van der Waals surface area contributed by atoms with Gasteiger partial charge in [0.05, 0.1) is 17.4 Å². The Balaban J connectivity index is 1.93. The highest BCUT2D eigenvalue weighted by molar-refractivity contribution is 5.97. The highest BCUT2D eigenvalue weighted by Crippen LogP contribution is 2.07. The van der Waals surface area contributed by atoms with E-state index in [1.807, 2.05) is 0 Å². The second-order valence-electron chi connectivity index (χ2n) is 4.02. The third-order valence-electron chi connectivity index (χ3n) is 2.48. The van der Waals surface area contributed by atoms with E-state index in [0.29, 0.717) is 11.3 Å². The number of ether oxygens (including phenoxy) is 1. The lowest BCUT2D eigenvalue weighted by Gasteiger charge is -2.13. The van der Waals surface area contributed by atoms with E-state index in [9.17, 15) is 9.59 Å². The predicted molar refractivity (Wildman–Crippen MR) is 72.0 cm³/mol. The van der Waals surface area contributed by atoms with Crippen molar-refractivity contribution in [3.8, 4) is 0 Å². The normalized spacial score (nSPS) is 11.4. The molecule has 1 unspecified atom stereocenters. The molecule has 1 atom stereocenters. The first-order valence-electron chi connectivity index (χ1n) is 5.98. The zero-order chi connectivity index (χ0) is 14.4. The smallest absolute Gasteiger partial charge is 0.340 e. The molecule has 2 rings (SSSR count). The van der Waals surface area contributed by atoms with E-state index in [-0.39, 0.29) is 0 Å². The van der Waals surface area contributed by atoms with Gasteiger partial charge in [-0.1, -0.05) is 0 Å². The number of aromatic nitrogens is 2. The maximum atomic E-state index is 11.8. The third kappa shape index (κ3) is 3.61. The van der Waals surface area contributed by atoms with Crippen molar-refractivity contribution in [3.63, 3.8) is 0 Å². The number of esters is 1. The molecule has 0 aliphatic carbocycles. The van der Waals surface area contributed by atoms with Crippen LogP contribution in [0.1, 0.15) is 17.3 Å². The highest BCUT2D eigenvalue weighted by atomic mass is 16.5. The van der Waals surface area contributed by atoms with Crippen molar-refractivity contribution >= 4 is 17.6 Å². The second kappa shape index (κ2) is 6.42. The number of rotatable bonds is 4. The Bertz CT molecular complexity index is 587. The van der Waals surface area contributed by atoms with Crippen LogP contribution in [0.25, 0.3) is 0 Å². The van der Waals surface area contributed by atoms with Crippen LogP contribution < -0.4 is 5.32 Å². The molecule has 1 amide bonds. The van der Waals surface area contributed by atoms with E-state index < -0.39 is 18.0 Å². The first kappa shape index (κ1) is 13.7. The summed E-state index contributed by atoms with van der Waals surface area (Å²) >= 11 is 0. The summed E-state index contributed by atoms with van der Waals surface area (Å²) in [4.78, 5) is 31.3. The first-order chi connectivity index (χ1) is 9.66. The largest absolute Gasteiger partial charge is 0.449 e. The molecule has 0 saturated heterocycles. The van der Waals surface area contributed by atoms with Gasteiger partial charge in [-0.25, -0.2) is 4.79 Å². The minimum absolute atomic E-state index is 0.300. The number of carbonyl (C=O) groups excluding carboxylic acids is 2. The van der Waals surface area contributed by atoms with Crippen molar-refractivity contribution < 1.29 is 14.3 Å². The zero-order valence-electron chi connectivity index (χ0n) is 10.8. The number of hydrogen-bond donors (Lipinski definition) is 1. The molecule has 2 heterocycles. The van der Waals surface area contributed by atoms with Crippen LogP contribution in [-0.4, -0.2) is 27.9 Å². The quantitative estimate of drug-likeness (QED) is 0.855. The molecule has 0 aromatic carbocycles. The van der Waals surface area contributed by atoms with Crippen molar-refractivity contribution in [3.05, 3.63) is 54.6 Å². The third-order valence-corrected chi connectivity index (χ3v) is 2.48. The van der Waals surface area contributed by atoms with Gasteiger partial charge >= 0.3 is 5.97 Å². The van der Waals surface area contributed by atoms with Gasteiger partial charge in [-0.15, -0.1) is 0 Å². The van der Waals surface area contributed by atoms with E-state index in [1.54, 1.807) is 36.7 Å². The van der Waals surface area contributed by atoms with Crippen LogP contribution >= 0.6 is 0 Å². The molecule has 1 N–H and O–H groups in total. The minimum Gasteiger partial charge on any atom is -0.449 e. The molecule has 0 bridgehead atoms. The van der Waals surface area contributed by atoms with Gasteiger partial charge < -0.3 is 10.1 Å². The zero-order valence-corrected chi connectivity index (χ0v) is 10.8. The molecule has 102 valence electrons. The minimum atomic E-state index is -0.914. The van der Waals surface area contributed by atoms with Crippen molar-refractivity contribution in [2.45, 2.75) is 13.0 Å². The van der Waals surface area contributed by atoms with E-state index in [0.717, 1.165) is 0 Å². The van der Waals surface area contributed by atoms with Crippen LogP contribution in [0, 0.1) is 0 Å². The summed E-state index contributed by atoms with van der Waals surface area (Å²) in [6.07, 6.45) is 5.13. The summed E-state index contributed by atoms with van der Waals surface area (Å²) in [5.74, 6) is -1.01. The van der Waals surface area contributed by atoms with Crippen LogP contribution in [0.2, 0.25) is 0 Å². The number of amides is 1. The number of nitrogens with one attached hydrogen (secondary N) is 1. The van der Waals surface area contributed by atoms with E-state index in [4.69, 9.17) is 4.74 Å². The summed E-state index contributed by atoms with van der Waals surface area (Å²) < 4.78 is 5.06. The summed E-state index contributed by atoms with van der Waals surface area (Å²) in [7, 11) is 0. The van der Waals surface area contributed by atoms with E-state index >= 15 is 0 Å². The Morgan fingerprint density at radius 3 is 2.45 bits per heavy atom. The number of carbonyl (C=O) groups is 2. The standard InChI is InChI=1S/C14H13N3O3/c1-10(13(18)17-12-5-3-7-16-9-12)20-14(19)11-4-2-6-15-8-11/h2-10H,1H3,(H,17,18). The molecule has 0 saturated carbocycles. The molecule has 0 radical (unpaired) electrons. The van der Waals surface area contributed by atoms with Crippen molar-refractivity contribution in [1.82, 2.24) is 9.97 Å². The number of pyridine rings is 2. The molecular formula is C14H13N3O3. The van der Waals surface area contributed by atoms with Crippen molar-refractivity contribution in [1.29, 1.82) is 0 Å². The van der Waals surface area contributed by atoms with Crippen LogP contribution in [0.15, 0.2) is 49.1 Å². The lowest BCUT2D eigenvalue weighted by molar-refractivity contribution is -0.123. The maximum absolute atomic E-state index is 11.8. The molecule has 0 spiro atoms. The predicted octanol–water partition coefficient (Wildman–Crippen LogP) is 1.66. The molecule has 0 fully saturated rings. The average Bonchev–Trinajstić information content (AvgIpc) is 2.49. The van der Waals surface area contributed by atoms with Gasteiger partial charge in [-0.2, -0.15) is 0 Å². The van der Waals surface area contributed by atoms with Gasteiger partial charge in [-0.3, -0.25) is 14.8 Å². The Labute approximate surface area is 115 Å². The van der Waals surface area contributed by atoms with Crippen LogP contribution in [0.3, 0.4) is 0 Å². The van der Waals surface area contributed by atoms with Crippen molar-refractivity contribution in [2.75, 3.05) is 5.32 Å². The van der Waals surface area contributed by atoms with Crippen LogP contribution in [0.5, 0.6) is 0 Å². The molecule has 0 aliphatic rings. The Hall–Kier alpha value is -2.76. The summed E-state index contributed by atoms with van der Waals surface area (Å²) in [5, 5.41) is 2.60. The molecule has 2 aromatic heterocycles. The SMILES string of the molecule is CC(OC(=O)c1cccnc1)C(=O)Nc1cccnc1. The maximum Gasteiger partial charge on any atom is 0.340 e. The molecule has 6 nitrogen and oxygen atoms in total. The van der Waals surface area contributed by atoms with Gasteiger partial charge in [0.25, 0.3) is 5.91 Å². The van der Waals surface area contributed by atoms with Gasteiger partial charge in [0.15, 0.2) is 6.10 Å². The lowest BCUT2D eigenvalue weighted by atomic mass is 10.3. The van der Waals surface area contributed by atoms with Gasteiger partial charge in [0, 0.05) is 18.6 Å². The summed E-state index contributed by atoms with van der Waals surface area (Å²) in [6, 6.07) is 6.58. The van der Waals surface area contributed by atoms with Gasteiger partial charge in [0.1, 0.15) is 0 Å². The fourth-order valence-corrected chi connectivity index (χ4v) is 1.45. The Morgan fingerprint density at radius 1 is 1.15 bits per heavy atom. The first-order valence-corrected chi connectivity index (χ1v) is 5.98. The number of hydrogen-bond acceptors (Lipinski definition) is 5. The highest BCUT2D eigenvalue weighted by Gasteiger charge is 2.19. The summed E-state index contributed by atoms with van der Waals surface area (Å²) in [5.41, 5.74) is 0.843. The monoisotopic (exact) mass is 271 g/mol. The molecule has 20 heavy (non-hydrogen) atoms. The number of nitrogens with zero attached hydrogens (tertiary/aromatic N) is 2. The van der Waals surface area contributed by atoms with Crippen LogP contribution in [-0.2, 0) is 9.53 Å². The fraction of sp³-hybridized carbons (Fsp3) is 0.143. The van der Waals surface area contributed by atoms with E-state index in [1.165, 1.54) is 19.3 Å².